The van der Waals surface area contributed by atoms with Gasteiger partial charge in [-0.1, -0.05) is 0 Å². The molecule has 0 bridgehead atoms. The summed E-state index contributed by atoms with van der Waals surface area (Å²) in [5.41, 5.74) is 2.88. The lowest BCUT2D eigenvalue weighted by Gasteiger charge is -2.40. The Balaban J connectivity index is 1.43. The number of rotatable bonds is 7. The molecule has 2 aliphatic rings. The van der Waals surface area contributed by atoms with Crippen LogP contribution in [-0.2, 0) is 14.3 Å². The number of carbonyl (C=O) groups excluding carboxylic acids is 1. The third-order valence-corrected chi connectivity index (χ3v) is 7.85. The smallest absolute Gasteiger partial charge is 0.407 e. The number of methoxy groups -OCH3 is 1. The molecule has 0 radical (unpaired) electrons. The zero-order valence-corrected chi connectivity index (χ0v) is 25.0. The van der Waals surface area contributed by atoms with Gasteiger partial charge in [-0.2, -0.15) is 15.1 Å². The summed E-state index contributed by atoms with van der Waals surface area (Å²) in [4.78, 5) is 37.0. The molecule has 1 amide bonds. The van der Waals surface area contributed by atoms with Gasteiger partial charge >= 0.3 is 18.1 Å². The van der Waals surface area contributed by atoms with E-state index in [2.05, 4.69) is 34.1 Å². The number of benzene rings is 1. The van der Waals surface area contributed by atoms with Crippen LogP contribution in [0.15, 0.2) is 24.4 Å². The first-order valence-corrected chi connectivity index (χ1v) is 14.5. The predicted molar refractivity (Wildman–Crippen MR) is 157 cm³/mol. The third-order valence-electron chi connectivity index (χ3n) is 7.85. The maximum atomic E-state index is 12.4. The summed E-state index contributed by atoms with van der Waals surface area (Å²) in [6.45, 7) is 10.2. The molecule has 5 rings (SSSR count). The van der Waals surface area contributed by atoms with Gasteiger partial charge in [-0.15, -0.1) is 0 Å². The van der Waals surface area contributed by atoms with Crippen molar-refractivity contribution in [1.82, 2.24) is 24.6 Å². The van der Waals surface area contributed by atoms with Crippen molar-refractivity contribution in [2.24, 2.45) is 0 Å². The fourth-order valence-electron chi connectivity index (χ4n) is 5.84. The molecule has 1 N–H and O–H groups in total. The van der Waals surface area contributed by atoms with E-state index in [1.54, 1.807) is 4.68 Å². The molecule has 12 heteroatoms. The number of carboxylic acid groups (broad SMARTS) is 1. The molecule has 4 heterocycles. The minimum Gasteiger partial charge on any atom is -0.467 e. The number of esters is 1. The summed E-state index contributed by atoms with van der Waals surface area (Å²) >= 11 is 0. The molecule has 226 valence electrons. The van der Waals surface area contributed by atoms with Gasteiger partial charge < -0.3 is 29.1 Å². The molecule has 0 saturated carbocycles. The Kier molecular flexibility index (Phi) is 8.53. The standard InChI is InChI=1S/C30H40N6O6/c1-19-14-21-17-31-36(24(21)15-23(19)20-8-12-41-13-9-20)26-16-25(32-28(33-26)40-5)34-10-11-35(29(38)39)22(18-34)6-7-27(37)42-30(2,3)4/h14-17,20,22H,6-13,18H2,1-5H3,(H,38,39). The van der Waals surface area contributed by atoms with E-state index in [9.17, 15) is 14.7 Å². The van der Waals surface area contributed by atoms with Crippen molar-refractivity contribution in [3.05, 3.63) is 35.5 Å². The van der Waals surface area contributed by atoms with Gasteiger partial charge in [0.2, 0.25) is 0 Å². The Hall–Kier alpha value is -3.93. The second kappa shape index (κ2) is 12.1. The summed E-state index contributed by atoms with van der Waals surface area (Å²) in [5.74, 6) is 1.24. The molecule has 3 aromatic rings. The normalized spacial score (nSPS) is 18.4. The van der Waals surface area contributed by atoms with E-state index in [-0.39, 0.29) is 24.9 Å². The summed E-state index contributed by atoms with van der Waals surface area (Å²) in [5, 5.41) is 15.5. The number of aryl methyl sites for hydroxylation is 1. The molecule has 1 atom stereocenters. The average Bonchev–Trinajstić information content (AvgIpc) is 3.37. The van der Waals surface area contributed by atoms with Crippen LogP contribution in [0.25, 0.3) is 16.7 Å². The number of ether oxygens (including phenoxy) is 3. The molecule has 0 spiro atoms. The van der Waals surface area contributed by atoms with Crippen LogP contribution in [0.2, 0.25) is 0 Å². The van der Waals surface area contributed by atoms with Crippen LogP contribution in [0, 0.1) is 6.92 Å². The number of fused-ring (bicyclic) bond motifs is 1. The van der Waals surface area contributed by atoms with Crippen LogP contribution in [0.5, 0.6) is 6.01 Å². The second-order valence-electron chi connectivity index (χ2n) is 12.0. The van der Waals surface area contributed by atoms with Crippen molar-refractivity contribution in [3.8, 4) is 11.8 Å². The molecular formula is C30H40N6O6. The zero-order chi connectivity index (χ0) is 30.0. The number of piperazine rings is 1. The highest BCUT2D eigenvalue weighted by Crippen LogP contribution is 2.33. The number of anilines is 1. The first-order chi connectivity index (χ1) is 20.0. The SMILES string of the molecule is COc1nc(N2CCN(C(=O)O)C(CCC(=O)OC(C)(C)C)C2)cc(-n2ncc3cc(C)c(C4CCOCC4)cc32)n1. The van der Waals surface area contributed by atoms with Crippen LogP contribution in [0.3, 0.4) is 0 Å². The van der Waals surface area contributed by atoms with Gasteiger partial charge in [0.05, 0.1) is 24.9 Å². The number of carbonyl (C=O) groups is 2. The van der Waals surface area contributed by atoms with Gasteiger partial charge in [0, 0.05) is 50.7 Å². The van der Waals surface area contributed by atoms with Gasteiger partial charge in [-0.3, -0.25) is 4.79 Å². The van der Waals surface area contributed by atoms with Gasteiger partial charge in [-0.05, 0) is 76.1 Å². The number of hydrogen-bond acceptors (Lipinski definition) is 9. The first-order valence-electron chi connectivity index (χ1n) is 14.5. The van der Waals surface area contributed by atoms with Crippen molar-refractivity contribution < 1.29 is 28.9 Å². The highest BCUT2D eigenvalue weighted by atomic mass is 16.6. The zero-order valence-electron chi connectivity index (χ0n) is 25.0. The lowest BCUT2D eigenvalue weighted by atomic mass is 9.88. The molecule has 2 fully saturated rings. The van der Waals surface area contributed by atoms with Gasteiger partial charge in [-0.25, -0.2) is 9.48 Å². The van der Waals surface area contributed by atoms with E-state index < -0.39 is 17.7 Å². The van der Waals surface area contributed by atoms with Gasteiger partial charge in [0.25, 0.3) is 0 Å². The third kappa shape index (κ3) is 6.59. The van der Waals surface area contributed by atoms with E-state index in [0.717, 1.165) is 37.0 Å². The highest BCUT2D eigenvalue weighted by Gasteiger charge is 2.32. The van der Waals surface area contributed by atoms with Gasteiger partial charge in [0.1, 0.15) is 11.4 Å². The minimum atomic E-state index is -1.01. The maximum absolute atomic E-state index is 12.4. The van der Waals surface area contributed by atoms with E-state index in [0.29, 0.717) is 37.1 Å². The van der Waals surface area contributed by atoms with Crippen molar-refractivity contribution in [1.29, 1.82) is 0 Å². The molecule has 2 saturated heterocycles. The van der Waals surface area contributed by atoms with Crippen molar-refractivity contribution in [3.63, 3.8) is 0 Å². The van der Waals surface area contributed by atoms with E-state index in [1.165, 1.54) is 23.1 Å². The number of aromatic nitrogens is 4. The number of nitrogens with zero attached hydrogens (tertiary/aromatic N) is 6. The average molecular weight is 581 g/mol. The summed E-state index contributed by atoms with van der Waals surface area (Å²) < 4.78 is 18.3. The molecule has 12 nitrogen and oxygen atoms in total. The number of amides is 1. The topological polar surface area (TPSA) is 132 Å². The summed E-state index contributed by atoms with van der Waals surface area (Å²) in [6, 6.07) is 6.01. The van der Waals surface area contributed by atoms with Crippen LogP contribution >= 0.6 is 0 Å². The molecule has 1 aromatic carbocycles. The van der Waals surface area contributed by atoms with Crippen LogP contribution in [0.4, 0.5) is 10.6 Å². The van der Waals surface area contributed by atoms with E-state index in [4.69, 9.17) is 14.2 Å². The Labute approximate surface area is 245 Å². The lowest BCUT2D eigenvalue weighted by molar-refractivity contribution is -0.155. The molecule has 2 aliphatic heterocycles. The minimum absolute atomic E-state index is 0.117. The van der Waals surface area contributed by atoms with Crippen LogP contribution in [-0.4, -0.2) is 93.4 Å². The molecule has 0 aliphatic carbocycles. The first kappa shape index (κ1) is 29.6. The Bertz CT molecular complexity index is 1440. The monoisotopic (exact) mass is 580 g/mol. The quantitative estimate of drug-likeness (QED) is 0.403. The Morgan fingerprint density at radius 3 is 2.52 bits per heavy atom. The van der Waals surface area contributed by atoms with E-state index in [1.807, 2.05) is 37.9 Å². The van der Waals surface area contributed by atoms with Crippen molar-refractivity contribution in [2.45, 2.75) is 70.9 Å². The van der Waals surface area contributed by atoms with Crippen molar-refractivity contribution in [2.75, 3.05) is 44.9 Å². The second-order valence-corrected chi connectivity index (χ2v) is 12.0. The van der Waals surface area contributed by atoms with Crippen LogP contribution in [0.1, 0.15) is 63.5 Å². The van der Waals surface area contributed by atoms with Crippen molar-refractivity contribution >= 4 is 28.8 Å². The molecule has 1 unspecified atom stereocenters. The fraction of sp³-hybridized carbons (Fsp3) is 0.567. The molecular weight excluding hydrogens is 540 g/mol. The largest absolute Gasteiger partial charge is 0.467 e. The summed E-state index contributed by atoms with van der Waals surface area (Å²) in [6.07, 6.45) is 3.26. The molecule has 42 heavy (non-hydrogen) atoms. The fourth-order valence-corrected chi connectivity index (χ4v) is 5.84. The van der Waals surface area contributed by atoms with Gasteiger partial charge in [0.15, 0.2) is 5.82 Å². The maximum Gasteiger partial charge on any atom is 0.407 e. The summed E-state index contributed by atoms with van der Waals surface area (Å²) in [7, 11) is 1.52. The predicted octanol–water partition coefficient (Wildman–Crippen LogP) is 4.32. The number of hydrogen-bond donors (Lipinski definition) is 1. The Morgan fingerprint density at radius 1 is 1.10 bits per heavy atom. The molecule has 2 aromatic heterocycles. The lowest BCUT2D eigenvalue weighted by Crippen LogP contribution is -2.55. The Morgan fingerprint density at radius 2 is 1.83 bits per heavy atom. The van der Waals surface area contributed by atoms with E-state index >= 15 is 0 Å². The van der Waals surface area contributed by atoms with Crippen LogP contribution < -0.4 is 9.64 Å². The highest BCUT2D eigenvalue weighted by molar-refractivity contribution is 5.82.